The average Bonchev–Trinajstić information content (AvgIpc) is 2.91. The zero-order valence-corrected chi connectivity index (χ0v) is 16.1. The summed E-state index contributed by atoms with van der Waals surface area (Å²) in [6.45, 7) is 3.94. The van der Waals surface area contributed by atoms with Crippen LogP contribution in [-0.2, 0) is 4.79 Å². The molecule has 26 heavy (non-hydrogen) atoms. The van der Waals surface area contributed by atoms with Gasteiger partial charge in [-0.2, -0.15) is 0 Å². The molecule has 1 heterocycles. The molecule has 2 unspecified atom stereocenters. The Kier molecular flexibility index (Phi) is 5.01. The molecule has 2 atom stereocenters. The highest BCUT2D eigenvalue weighted by Crippen LogP contribution is 2.60. The molecule has 136 valence electrons. The van der Waals surface area contributed by atoms with E-state index in [0.717, 1.165) is 0 Å². The predicted octanol–water partition coefficient (Wildman–Crippen LogP) is 4.64. The molecule has 1 aromatic carbocycles. The molecule has 1 aliphatic rings. The van der Waals surface area contributed by atoms with E-state index in [-0.39, 0.29) is 33.3 Å². The van der Waals surface area contributed by atoms with Crippen LogP contribution in [0.25, 0.3) is 10.6 Å². The first-order valence-electron chi connectivity index (χ1n) is 7.62. The first-order valence-corrected chi connectivity index (χ1v) is 9.19. The second kappa shape index (κ2) is 6.94. The molecule has 3 rings (SSSR count). The van der Waals surface area contributed by atoms with Crippen LogP contribution in [0.3, 0.4) is 0 Å². The summed E-state index contributed by atoms with van der Waals surface area (Å²) in [6, 6.07) is 5.98. The van der Waals surface area contributed by atoms with Gasteiger partial charge in [-0.3, -0.25) is 14.9 Å². The number of aromatic nitrogens is 2. The zero-order valence-electron chi connectivity index (χ0n) is 13.8. The fraction of sp³-hybridized carbons (Fsp3) is 0.312. The van der Waals surface area contributed by atoms with E-state index >= 15 is 0 Å². The fourth-order valence-corrected chi connectivity index (χ4v) is 3.95. The van der Waals surface area contributed by atoms with Gasteiger partial charge >= 0.3 is 0 Å². The van der Waals surface area contributed by atoms with Gasteiger partial charge in [0.1, 0.15) is 9.50 Å². The number of anilines is 1. The minimum Gasteiger partial charge on any atom is -0.300 e. The Hall–Kier alpha value is -2.03. The monoisotopic (exact) mass is 412 g/mol. The summed E-state index contributed by atoms with van der Waals surface area (Å²) in [7, 11) is 0. The van der Waals surface area contributed by atoms with Crippen molar-refractivity contribution in [1.29, 1.82) is 0 Å². The van der Waals surface area contributed by atoms with E-state index in [0.29, 0.717) is 15.7 Å². The molecular formula is C16H14Cl2N4O3S. The van der Waals surface area contributed by atoms with Crippen molar-refractivity contribution in [2.24, 2.45) is 17.3 Å². The van der Waals surface area contributed by atoms with Crippen molar-refractivity contribution in [1.82, 2.24) is 10.2 Å². The van der Waals surface area contributed by atoms with Crippen LogP contribution < -0.4 is 5.32 Å². The lowest BCUT2D eigenvalue weighted by Gasteiger charge is -2.01. The van der Waals surface area contributed by atoms with E-state index in [4.69, 9.17) is 23.2 Å². The number of benzene rings is 1. The number of carbonyl (C=O) groups is 1. The van der Waals surface area contributed by atoms with Gasteiger partial charge in [0.25, 0.3) is 5.69 Å². The first kappa shape index (κ1) is 18.8. The SMILES string of the molecule is CC1(C)C(C=C(Cl)Cl)C1C(=O)Nc1nnc(-c2ccc([N+](=O)[O-])cc2)s1. The lowest BCUT2D eigenvalue weighted by Crippen LogP contribution is -2.16. The van der Waals surface area contributed by atoms with E-state index in [2.05, 4.69) is 15.5 Å². The van der Waals surface area contributed by atoms with Gasteiger partial charge in [0.15, 0.2) is 0 Å². The van der Waals surface area contributed by atoms with Crippen LogP contribution in [0.4, 0.5) is 10.8 Å². The van der Waals surface area contributed by atoms with Gasteiger partial charge in [-0.1, -0.05) is 48.4 Å². The number of rotatable bonds is 5. The van der Waals surface area contributed by atoms with E-state index in [1.807, 2.05) is 13.8 Å². The van der Waals surface area contributed by atoms with E-state index in [1.54, 1.807) is 18.2 Å². The number of nitrogens with one attached hydrogen (secondary N) is 1. The molecule has 10 heteroatoms. The van der Waals surface area contributed by atoms with Crippen molar-refractivity contribution >= 4 is 51.3 Å². The number of non-ortho nitro benzene ring substituents is 1. The van der Waals surface area contributed by atoms with Gasteiger partial charge < -0.3 is 5.32 Å². The number of halogens is 2. The Morgan fingerprint density at radius 1 is 1.31 bits per heavy atom. The lowest BCUT2D eigenvalue weighted by molar-refractivity contribution is -0.384. The summed E-state index contributed by atoms with van der Waals surface area (Å²) in [4.78, 5) is 22.7. The largest absolute Gasteiger partial charge is 0.300 e. The maximum Gasteiger partial charge on any atom is 0.269 e. The van der Waals surface area contributed by atoms with E-state index < -0.39 is 4.92 Å². The number of nitrogens with zero attached hydrogens (tertiary/aromatic N) is 3. The molecule has 7 nitrogen and oxygen atoms in total. The van der Waals surface area contributed by atoms with Crippen molar-refractivity contribution in [3.05, 3.63) is 44.9 Å². The quantitative estimate of drug-likeness (QED) is 0.569. The van der Waals surface area contributed by atoms with Crippen LogP contribution in [-0.4, -0.2) is 21.0 Å². The number of hydrogen-bond acceptors (Lipinski definition) is 6. The van der Waals surface area contributed by atoms with Gasteiger partial charge in [-0.05, 0) is 29.5 Å². The Labute approximate surface area is 163 Å². The number of allylic oxidation sites excluding steroid dienone is 1. The summed E-state index contributed by atoms with van der Waals surface area (Å²) in [5.41, 5.74) is 0.459. The van der Waals surface area contributed by atoms with Gasteiger partial charge in [-0.25, -0.2) is 0 Å². The maximum atomic E-state index is 12.5. The third-order valence-corrected chi connectivity index (χ3v) is 5.62. The van der Waals surface area contributed by atoms with Gasteiger partial charge in [0, 0.05) is 17.7 Å². The molecule has 2 aromatic rings. The van der Waals surface area contributed by atoms with Crippen LogP contribution in [0.5, 0.6) is 0 Å². The molecule has 0 bridgehead atoms. The highest BCUT2D eigenvalue weighted by molar-refractivity contribution is 7.18. The number of carbonyl (C=O) groups excluding carboxylic acids is 1. The van der Waals surface area contributed by atoms with Crippen LogP contribution in [0.1, 0.15) is 13.8 Å². The Morgan fingerprint density at radius 3 is 2.54 bits per heavy atom. The molecule has 1 N–H and O–H groups in total. The second-order valence-electron chi connectivity index (χ2n) is 6.49. The minimum atomic E-state index is -0.467. The van der Waals surface area contributed by atoms with Gasteiger partial charge in [0.05, 0.1) is 10.8 Å². The summed E-state index contributed by atoms with van der Waals surface area (Å²) in [5.74, 6) is -0.450. The molecule has 1 aromatic heterocycles. The molecule has 1 fully saturated rings. The number of hydrogen-bond donors (Lipinski definition) is 1. The maximum absolute atomic E-state index is 12.5. The predicted molar refractivity (Wildman–Crippen MR) is 101 cm³/mol. The van der Waals surface area contributed by atoms with E-state index in [1.165, 1.54) is 23.5 Å². The zero-order chi connectivity index (χ0) is 19.1. The fourth-order valence-electron chi connectivity index (χ4n) is 2.92. The van der Waals surface area contributed by atoms with Crippen molar-refractivity contribution in [2.45, 2.75) is 13.8 Å². The smallest absolute Gasteiger partial charge is 0.269 e. The highest BCUT2D eigenvalue weighted by atomic mass is 35.5. The standard InChI is InChI=1S/C16H14Cl2N4O3S/c1-16(2)10(7-11(17)18)12(16)13(23)19-15-21-20-14(26-15)8-3-5-9(6-4-8)22(24)25/h3-7,10,12H,1-2H3,(H,19,21,23). The summed E-state index contributed by atoms with van der Waals surface area (Å²) >= 11 is 12.6. The van der Waals surface area contributed by atoms with Crippen molar-refractivity contribution in [3.63, 3.8) is 0 Å². The second-order valence-corrected chi connectivity index (χ2v) is 8.47. The minimum absolute atomic E-state index is 0.000180. The lowest BCUT2D eigenvalue weighted by atomic mass is 10.1. The van der Waals surface area contributed by atoms with Crippen LogP contribution >= 0.6 is 34.5 Å². The molecule has 1 saturated carbocycles. The summed E-state index contributed by atoms with van der Waals surface area (Å²) < 4.78 is 0.148. The molecule has 0 saturated heterocycles. The number of amides is 1. The van der Waals surface area contributed by atoms with Crippen molar-refractivity contribution < 1.29 is 9.72 Å². The Morgan fingerprint density at radius 2 is 1.96 bits per heavy atom. The molecule has 1 aliphatic carbocycles. The first-order chi connectivity index (χ1) is 12.2. The molecule has 1 amide bonds. The van der Waals surface area contributed by atoms with Gasteiger partial charge in [0.2, 0.25) is 11.0 Å². The molecule has 0 spiro atoms. The normalized spacial score (nSPS) is 20.3. The highest BCUT2D eigenvalue weighted by Gasteiger charge is 2.60. The number of nitro benzene ring substituents is 1. The van der Waals surface area contributed by atoms with Crippen LogP contribution in [0, 0.1) is 27.4 Å². The van der Waals surface area contributed by atoms with Crippen LogP contribution in [0.15, 0.2) is 34.8 Å². The third kappa shape index (κ3) is 3.72. The van der Waals surface area contributed by atoms with Crippen molar-refractivity contribution in [3.8, 4) is 10.6 Å². The topological polar surface area (TPSA) is 98.0 Å². The van der Waals surface area contributed by atoms with Crippen LogP contribution in [0.2, 0.25) is 0 Å². The van der Waals surface area contributed by atoms with E-state index in [9.17, 15) is 14.9 Å². The Balaban J connectivity index is 1.70. The summed E-state index contributed by atoms with van der Waals surface area (Å²) in [5, 5.41) is 22.4. The molecular weight excluding hydrogens is 399 g/mol. The molecule has 0 aliphatic heterocycles. The van der Waals surface area contributed by atoms with Crippen molar-refractivity contribution in [2.75, 3.05) is 5.32 Å². The summed E-state index contributed by atoms with van der Waals surface area (Å²) in [6.07, 6.45) is 1.68. The molecule has 0 radical (unpaired) electrons. The average molecular weight is 413 g/mol. The Bertz CT molecular complexity index is 891. The number of nitro groups is 1. The van der Waals surface area contributed by atoms with Gasteiger partial charge in [-0.15, -0.1) is 10.2 Å². The third-order valence-electron chi connectivity index (χ3n) is 4.48.